The lowest BCUT2D eigenvalue weighted by Gasteiger charge is -2.52. The average molecular weight is 216 g/mol. The standard InChI is InChI=1S/C16H24/c1-2-6-10-14-13(9-5-1)15-11-7-3-4-8-12-16(14)15/h5,7,9,11,13-16H,1-4,6,8,10,12H2/b9-5-,11-7-/t13-,14-,15+,16+/m0/s1. The van der Waals surface area contributed by atoms with Gasteiger partial charge in [0.2, 0.25) is 0 Å². The highest BCUT2D eigenvalue weighted by Crippen LogP contribution is 2.53. The summed E-state index contributed by atoms with van der Waals surface area (Å²) in [5.74, 6) is 3.87. The van der Waals surface area contributed by atoms with Crippen molar-refractivity contribution >= 4 is 0 Å². The molecule has 1 fully saturated rings. The number of rotatable bonds is 0. The Morgan fingerprint density at radius 2 is 1.12 bits per heavy atom. The predicted molar refractivity (Wildman–Crippen MR) is 69.2 cm³/mol. The zero-order chi connectivity index (χ0) is 10.8. The lowest BCUT2D eigenvalue weighted by Crippen LogP contribution is -2.45. The first kappa shape index (κ1) is 10.6. The van der Waals surface area contributed by atoms with E-state index in [0.29, 0.717) is 0 Å². The molecule has 0 unspecified atom stereocenters. The highest BCUT2D eigenvalue weighted by atomic mass is 14.5. The maximum absolute atomic E-state index is 2.55. The second-order valence-electron chi connectivity index (χ2n) is 5.91. The van der Waals surface area contributed by atoms with Crippen LogP contribution in [0.5, 0.6) is 0 Å². The van der Waals surface area contributed by atoms with Gasteiger partial charge in [-0.25, -0.2) is 0 Å². The van der Waals surface area contributed by atoms with Gasteiger partial charge in [-0.05, 0) is 62.2 Å². The van der Waals surface area contributed by atoms with Crippen LogP contribution in [-0.2, 0) is 0 Å². The maximum Gasteiger partial charge on any atom is -0.0137 e. The second-order valence-corrected chi connectivity index (χ2v) is 5.91. The molecule has 16 heavy (non-hydrogen) atoms. The van der Waals surface area contributed by atoms with E-state index < -0.39 is 0 Å². The summed E-state index contributed by atoms with van der Waals surface area (Å²) >= 11 is 0. The van der Waals surface area contributed by atoms with Gasteiger partial charge in [-0.15, -0.1) is 0 Å². The van der Waals surface area contributed by atoms with E-state index in [-0.39, 0.29) is 0 Å². The monoisotopic (exact) mass is 216 g/mol. The van der Waals surface area contributed by atoms with Crippen molar-refractivity contribution in [3.63, 3.8) is 0 Å². The molecule has 0 bridgehead atoms. The molecule has 0 amide bonds. The first-order valence-electron chi connectivity index (χ1n) is 7.30. The molecule has 0 aromatic carbocycles. The molecular formula is C16H24. The molecule has 88 valence electrons. The van der Waals surface area contributed by atoms with Gasteiger partial charge >= 0.3 is 0 Å². The lowest BCUT2D eigenvalue weighted by atomic mass is 9.53. The quantitative estimate of drug-likeness (QED) is 0.514. The van der Waals surface area contributed by atoms with Gasteiger partial charge in [-0.3, -0.25) is 0 Å². The molecule has 4 atom stereocenters. The van der Waals surface area contributed by atoms with Crippen molar-refractivity contribution in [3.8, 4) is 0 Å². The molecule has 3 aliphatic rings. The minimum absolute atomic E-state index is 0.902. The van der Waals surface area contributed by atoms with Gasteiger partial charge in [-0.2, -0.15) is 0 Å². The summed E-state index contributed by atoms with van der Waals surface area (Å²) in [5.41, 5.74) is 0. The third-order valence-electron chi connectivity index (χ3n) is 5.02. The molecular weight excluding hydrogens is 192 g/mol. The lowest BCUT2D eigenvalue weighted by molar-refractivity contribution is 0.0227. The van der Waals surface area contributed by atoms with E-state index in [1.54, 1.807) is 0 Å². The Labute approximate surface area is 99.8 Å². The maximum atomic E-state index is 2.55. The molecule has 0 aromatic heterocycles. The summed E-state index contributed by atoms with van der Waals surface area (Å²) in [6.45, 7) is 0. The average Bonchev–Trinajstić information content (AvgIpc) is 2.23. The number of hydrogen-bond donors (Lipinski definition) is 0. The molecule has 0 N–H and O–H groups in total. The van der Waals surface area contributed by atoms with E-state index in [2.05, 4.69) is 24.3 Å². The second kappa shape index (κ2) is 4.77. The molecule has 3 rings (SSSR count). The first-order valence-corrected chi connectivity index (χ1v) is 7.30. The smallest absolute Gasteiger partial charge is 0.0137 e. The fourth-order valence-electron chi connectivity index (χ4n) is 4.14. The third-order valence-corrected chi connectivity index (χ3v) is 5.02. The van der Waals surface area contributed by atoms with Crippen LogP contribution in [0.4, 0.5) is 0 Å². The fraction of sp³-hybridized carbons (Fsp3) is 0.750. The number of allylic oxidation sites excluding steroid dienone is 4. The van der Waals surface area contributed by atoms with Crippen LogP contribution >= 0.6 is 0 Å². The Bertz CT molecular complexity index is 256. The van der Waals surface area contributed by atoms with Crippen LogP contribution in [-0.4, -0.2) is 0 Å². The van der Waals surface area contributed by atoms with Crippen molar-refractivity contribution in [2.45, 2.75) is 51.4 Å². The van der Waals surface area contributed by atoms with E-state index in [0.717, 1.165) is 23.7 Å². The van der Waals surface area contributed by atoms with Gasteiger partial charge in [0.1, 0.15) is 0 Å². The van der Waals surface area contributed by atoms with Crippen LogP contribution in [0.3, 0.4) is 0 Å². The van der Waals surface area contributed by atoms with Crippen LogP contribution in [0, 0.1) is 23.7 Å². The Hall–Kier alpha value is -0.520. The first-order chi connectivity index (χ1) is 7.97. The topological polar surface area (TPSA) is 0 Å². The predicted octanol–water partition coefficient (Wildman–Crippen LogP) is 4.73. The summed E-state index contributed by atoms with van der Waals surface area (Å²) in [5, 5.41) is 0. The SMILES string of the molecule is C1=C\[C@@H]2[C@H]3/C=C\CCCC[C@@H]3[C@H]2CCCC/1. The number of hydrogen-bond acceptors (Lipinski definition) is 0. The minimum Gasteiger partial charge on any atom is -0.0882 e. The molecule has 0 aromatic rings. The summed E-state index contributed by atoms with van der Waals surface area (Å²) in [6, 6.07) is 0. The molecule has 0 aliphatic heterocycles. The van der Waals surface area contributed by atoms with Crippen LogP contribution in [0.25, 0.3) is 0 Å². The highest BCUT2D eigenvalue weighted by Gasteiger charge is 2.46. The van der Waals surface area contributed by atoms with Gasteiger partial charge in [0, 0.05) is 0 Å². The van der Waals surface area contributed by atoms with Gasteiger partial charge in [0.05, 0.1) is 0 Å². The molecule has 1 saturated carbocycles. The molecule has 0 radical (unpaired) electrons. The van der Waals surface area contributed by atoms with Crippen molar-refractivity contribution in [3.05, 3.63) is 24.3 Å². The van der Waals surface area contributed by atoms with Crippen molar-refractivity contribution in [1.82, 2.24) is 0 Å². The molecule has 0 nitrogen and oxygen atoms in total. The molecule has 0 saturated heterocycles. The van der Waals surface area contributed by atoms with Crippen molar-refractivity contribution < 1.29 is 0 Å². The van der Waals surface area contributed by atoms with Crippen LogP contribution in [0.1, 0.15) is 51.4 Å². The number of fused-ring (bicyclic) bond motifs is 4. The van der Waals surface area contributed by atoms with Crippen molar-refractivity contribution in [2.24, 2.45) is 23.7 Å². The van der Waals surface area contributed by atoms with Crippen LogP contribution < -0.4 is 0 Å². The van der Waals surface area contributed by atoms with Crippen LogP contribution in [0.2, 0.25) is 0 Å². The van der Waals surface area contributed by atoms with E-state index in [9.17, 15) is 0 Å². The normalized spacial score (nSPS) is 47.0. The summed E-state index contributed by atoms with van der Waals surface area (Å²) in [6.07, 6.45) is 21.5. The highest BCUT2D eigenvalue weighted by molar-refractivity contribution is 5.13. The van der Waals surface area contributed by atoms with Gasteiger partial charge < -0.3 is 0 Å². The van der Waals surface area contributed by atoms with Crippen molar-refractivity contribution in [1.29, 1.82) is 0 Å². The van der Waals surface area contributed by atoms with E-state index in [1.165, 1.54) is 51.4 Å². The largest absolute Gasteiger partial charge is 0.0882 e. The van der Waals surface area contributed by atoms with Crippen LogP contribution in [0.15, 0.2) is 24.3 Å². The molecule has 0 heteroatoms. The summed E-state index contributed by atoms with van der Waals surface area (Å²) in [7, 11) is 0. The van der Waals surface area contributed by atoms with E-state index in [1.807, 2.05) is 0 Å². The van der Waals surface area contributed by atoms with Crippen molar-refractivity contribution in [2.75, 3.05) is 0 Å². The third kappa shape index (κ3) is 1.87. The Kier molecular flexibility index (Phi) is 3.17. The molecule has 0 heterocycles. The summed E-state index contributed by atoms with van der Waals surface area (Å²) < 4.78 is 0. The minimum atomic E-state index is 0.902. The van der Waals surface area contributed by atoms with Gasteiger partial charge in [0.25, 0.3) is 0 Å². The summed E-state index contributed by atoms with van der Waals surface area (Å²) in [4.78, 5) is 0. The zero-order valence-corrected chi connectivity index (χ0v) is 10.3. The zero-order valence-electron chi connectivity index (χ0n) is 10.3. The molecule has 0 spiro atoms. The van der Waals surface area contributed by atoms with Gasteiger partial charge in [0.15, 0.2) is 0 Å². The Balaban J connectivity index is 1.77. The Morgan fingerprint density at radius 3 is 1.62 bits per heavy atom. The molecule has 3 aliphatic carbocycles. The Morgan fingerprint density at radius 1 is 0.625 bits per heavy atom. The van der Waals surface area contributed by atoms with E-state index >= 15 is 0 Å². The fourth-order valence-corrected chi connectivity index (χ4v) is 4.14. The van der Waals surface area contributed by atoms with E-state index in [4.69, 9.17) is 0 Å². The van der Waals surface area contributed by atoms with Gasteiger partial charge in [-0.1, -0.05) is 37.1 Å².